The molecule has 0 spiro atoms. The molecule has 110 valence electrons. The van der Waals surface area contributed by atoms with Crippen LogP contribution in [0.1, 0.15) is 24.8 Å². The van der Waals surface area contributed by atoms with Crippen LogP contribution in [0.15, 0.2) is 42.7 Å². The number of rotatable bonds is 4. The van der Waals surface area contributed by atoms with E-state index in [9.17, 15) is 4.79 Å². The standard InChI is InChI=1S/C16H20N4O/c21-16(15-7-1-2-8-17-15)19-14-6-3-5-13(11-14)12-20-10-4-9-18-20/h3-6,9-11,15,17H,1-2,7-8,12H2,(H,19,21). The van der Waals surface area contributed by atoms with Crippen molar-refractivity contribution in [3.05, 3.63) is 48.3 Å². The molecule has 2 N–H and O–H groups in total. The third-order valence-electron chi connectivity index (χ3n) is 3.73. The molecule has 5 nitrogen and oxygen atoms in total. The van der Waals surface area contributed by atoms with Gasteiger partial charge < -0.3 is 10.6 Å². The molecule has 0 radical (unpaired) electrons. The summed E-state index contributed by atoms with van der Waals surface area (Å²) < 4.78 is 1.86. The van der Waals surface area contributed by atoms with Gasteiger partial charge in [-0.2, -0.15) is 5.10 Å². The SMILES string of the molecule is O=C(Nc1cccc(Cn2cccn2)c1)C1CCCCN1. The lowest BCUT2D eigenvalue weighted by Crippen LogP contribution is -2.43. The van der Waals surface area contributed by atoms with E-state index in [0.717, 1.165) is 37.1 Å². The van der Waals surface area contributed by atoms with Crippen molar-refractivity contribution in [1.82, 2.24) is 15.1 Å². The van der Waals surface area contributed by atoms with Crippen molar-refractivity contribution in [2.75, 3.05) is 11.9 Å². The molecule has 1 aliphatic rings. The second kappa shape index (κ2) is 6.54. The molecule has 1 aliphatic heterocycles. The Morgan fingerprint density at radius 3 is 3.10 bits per heavy atom. The van der Waals surface area contributed by atoms with E-state index < -0.39 is 0 Å². The average Bonchev–Trinajstić information content (AvgIpc) is 3.01. The van der Waals surface area contributed by atoms with E-state index >= 15 is 0 Å². The van der Waals surface area contributed by atoms with Crippen molar-refractivity contribution in [2.45, 2.75) is 31.8 Å². The van der Waals surface area contributed by atoms with Crippen LogP contribution in [0.2, 0.25) is 0 Å². The Balaban J connectivity index is 1.63. The van der Waals surface area contributed by atoms with Crippen molar-refractivity contribution in [2.24, 2.45) is 0 Å². The molecular weight excluding hydrogens is 264 g/mol. The highest BCUT2D eigenvalue weighted by Gasteiger charge is 2.20. The van der Waals surface area contributed by atoms with Gasteiger partial charge in [-0.05, 0) is 43.1 Å². The Labute approximate surface area is 124 Å². The molecule has 3 rings (SSSR count). The third-order valence-corrected chi connectivity index (χ3v) is 3.73. The van der Waals surface area contributed by atoms with Crippen LogP contribution < -0.4 is 10.6 Å². The van der Waals surface area contributed by atoms with Crippen LogP contribution in [-0.2, 0) is 11.3 Å². The minimum absolute atomic E-state index is 0.0611. The van der Waals surface area contributed by atoms with Crippen molar-refractivity contribution in [3.63, 3.8) is 0 Å². The van der Waals surface area contributed by atoms with Crippen LogP contribution in [0.4, 0.5) is 5.69 Å². The van der Waals surface area contributed by atoms with Crippen molar-refractivity contribution < 1.29 is 4.79 Å². The van der Waals surface area contributed by atoms with Gasteiger partial charge in [0.2, 0.25) is 5.91 Å². The molecule has 2 aromatic rings. The maximum absolute atomic E-state index is 12.2. The molecule has 1 fully saturated rings. The maximum Gasteiger partial charge on any atom is 0.241 e. The second-order valence-electron chi connectivity index (χ2n) is 5.40. The van der Waals surface area contributed by atoms with Crippen molar-refractivity contribution in [1.29, 1.82) is 0 Å². The largest absolute Gasteiger partial charge is 0.325 e. The summed E-state index contributed by atoms with van der Waals surface area (Å²) in [5.74, 6) is 0.0611. The number of nitrogens with one attached hydrogen (secondary N) is 2. The summed E-state index contributed by atoms with van der Waals surface area (Å²) in [6, 6.07) is 9.77. The first kappa shape index (κ1) is 13.8. The van der Waals surface area contributed by atoms with E-state index in [-0.39, 0.29) is 11.9 Å². The van der Waals surface area contributed by atoms with Gasteiger partial charge in [0.05, 0.1) is 12.6 Å². The molecule has 1 saturated heterocycles. The van der Waals surface area contributed by atoms with Crippen LogP contribution in [0.5, 0.6) is 0 Å². The molecule has 5 heteroatoms. The molecule has 1 amide bonds. The molecular formula is C16H20N4O. The number of nitrogens with zero attached hydrogens (tertiary/aromatic N) is 2. The molecule has 0 saturated carbocycles. The number of benzene rings is 1. The Kier molecular flexibility index (Phi) is 4.31. The highest BCUT2D eigenvalue weighted by Crippen LogP contribution is 2.14. The minimum atomic E-state index is -0.0616. The molecule has 1 unspecified atom stereocenters. The van der Waals surface area contributed by atoms with E-state index in [4.69, 9.17) is 0 Å². The summed E-state index contributed by atoms with van der Waals surface area (Å²) in [7, 11) is 0. The fraction of sp³-hybridized carbons (Fsp3) is 0.375. The van der Waals surface area contributed by atoms with Gasteiger partial charge in [-0.15, -0.1) is 0 Å². The summed E-state index contributed by atoms with van der Waals surface area (Å²) in [6.07, 6.45) is 6.88. The van der Waals surface area contributed by atoms with Gasteiger partial charge in [-0.25, -0.2) is 0 Å². The first-order valence-corrected chi connectivity index (χ1v) is 7.42. The maximum atomic E-state index is 12.2. The zero-order valence-corrected chi connectivity index (χ0v) is 12.0. The Morgan fingerprint density at radius 2 is 2.33 bits per heavy atom. The number of aromatic nitrogens is 2. The lowest BCUT2D eigenvalue weighted by Gasteiger charge is -2.22. The fourth-order valence-corrected chi connectivity index (χ4v) is 2.63. The summed E-state index contributed by atoms with van der Waals surface area (Å²) in [5.41, 5.74) is 1.96. The van der Waals surface area contributed by atoms with Crippen LogP contribution in [0.3, 0.4) is 0 Å². The van der Waals surface area contributed by atoms with Gasteiger partial charge >= 0.3 is 0 Å². The minimum Gasteiger partial charge on any atom is -0.325 e. The van der Waals surface area contributed by atoms with E-state index in [0.29, 0.717) is 6.54 Å². The summed E-state index contributed by atoms with van der Waals surface area (Å²) in [4.78, 5) is 12.2. The first-order chi connectivity index (χ1) is 10.3. The van der Waals surface area contributed by atoms with Gasteiger partial charge in [0.15, 0.2) is 0 Å². The van der Waals surface area contributed by atoms with Gasteiger partial charge in [0, 0.05) is 18.1 Å². The van der Waals surface area contributed by atoms with Gasteiger partial charge in [0.1, 0.15) is 0 Å². The number of carbonyl (C=O) groups excluding carboxylic acids is 1. The monoisotopic (exact) mass is 284 g/mol. The number of amides is 1. The molecule has 1 aromatic carbocycles. The number of hydrogen-bond donors (Lipinski definition) is 2. The lowest BCUT2D eigenvalue weighted by molar-refractivity contribution is -0.118. The number of hydrogen-bond acceptors (Lipinski definition) is 3. The molecule has 0 bridgehead atoms. The number of carbonyl (C=O) groups is 1. The van der Waals surface area contributed by atoms with E-state index in [2.05, 4.69) is 15.7 Å². The molecule has 1 atom stereocenters. The quantitative estimate of drug-likeness (QED) is 0.903. The Morgan fingerprint density at radius 1 is 1.38 bits per heavy atom. The summed E-state index contributed by atoms with van der Waals surface area (Å²) >= 11 is 0. The highest BCUT2D eigenvalue weighted by molar-refractivity contribution is 5.94. The summed E-state index contributed by atoms with van der Waals surface area (Å²) in [5, 5.41) is 10.5. The Bertz CT molecular complexity index is 588. The van der Waals surface area contributed by atoms with Gasteiger partial charge in [-0.1, -0.05) is 18.6 Å². The van der Waals surface area contributed by atoms with Crippen LogP contribution in [0.25, 0.3) is 0 Å². The summed E-state index contributed by atoms with van der Waals surface area (Å²) in [6.45, 7) is 1.63. The predicted molar refractivity (Wildman–Crippen MR) is 82.0 cm³/mol. The van der Waals surface area contributed by atoms with E-state index in [1.807, 2.05) is 41.2 Å². The zero-order chi connectivity index (χ0) is 14.5. The van der Waals surface area contributed by atoms with Crippen molar-refractivity contribution in [3.8, 4) is 0 Å². The highest BCUT2D eigenvalue weighted by atomic mass is 16.2. The smallest absolute Gasteiger partial charge is 0.241 e. The average molecular weight is 284 g/mol. The van der Waals surface area contributed by atoms with Crippen LogP contribution in [-0.4, -0.2) is 28.3 Å². The lowest BCUT2D eigenvalue weighted by atomic mass is 10.0. The third kappa shape index (κ3) is 3.70. The zero-order valence-electron chi connectivity index (χ0n) is 12.0. The van der Waals surface area contributed by atoms with Crippen molar-refractivity contribution >= 4 is 11.6 Å². The normalized spacial score (nSPS) is 18.4. The van der Waals surface area contributed by atoms with E-state index in [1.54, 1.807) is 6.20 Å². The van der Waals surface area contributed by atoms with Crippen LogP contribution >= 0.6 is 0 Å². The second-order valence-corrected chi connectivity index (χ2v) is 5.40. The van der Waals surface area contributed by atoms with E-state index in [1.165, 1.54) is 0 Å². The number of piperidine rings is 1. The molecule has 0 aliphatic carbocycles. The predicted octanol–water partition coefficient (Wildman–Crippen LogP) is 2.01. The molecule has 21 heavy (non-hydrogen) atoms. The van der Waals surface area contributed by atoms with Gasteiger partial charge in [-0.3, -0.25) is 9.48 Å². The topological polar surface area (TPSA) is 59.0 Å². The van der Waals surface area contributed by atoms with Gasteiger partial charge in [0.25, 0.3) is 0 Å². The first-order valence-electron chi connectivity index (χ1n) is 7.42. The van der Waals surface area contributed by atoms with Crippen LogP contribution in [0, 0.1) is 0 Å². The Hall–Kier alpha value is -2.14. The molecule has 2 heterocycles. The number of anilines is 1. The molecule has 1 aromatic heterocycles. The fourth-order valence-electron chi connectivity index (χ4n) is 2.63.